The van der Waals surface area contributed by atoms with Gasteiger partial charge in [-0.15, -0.1) is 0 Å². The highest BCUT2D eigenvalue weighted by Gasteiger charge is 2.44. The molecule has 0 radical (unpaired) electrons. The first-order chi connectivity index (χ1) is 13.9. The zero-order chi connectivity index (χ0) is 20.9. The molecule has 0 aliphatic carbocycles. The van der Waals surface area contributed by atoms with E-state index in [2.05, 4.69) is 51.7 Å². The second-order valence-corrected chi connectivity index (χ2v) is 13.7. The normalized spacial score (nSPS) is 20.7. The van der Waals surface area contributed by atoms with Crippen molar-refractivity contribution in [2.24, 2.45) is 0 Å². The van der Waals surface area contributed by atoms with Crippen molar-refractivity contribution in [3.8, 4) is 0 Å². The quantitative estimate of drug-likeness (QED) is 0.337. The number of hydrogen-bond acceptors (Lipinski definition) is 11. The van der Waals surface area contributed by atoms with E-state index < -0.39 is 25.4 Å². The van der Waals surface area contributed by atoms with Gasteiger partial charge < -0.3 is 14.0 Å². The highest BCUT2D eigenvalue weighted by Crippen LogP contribution is 2.71. The van der Waals surface area contributed by atoms with Crippen LogP contribution in [0.4, 0.5) is 4.39 Å². The van der Waals surface area contributed by atoms with Gasteiger partial charge in [0.15, 0.2) is 24.5 Å². The maximum absolute atomic E-state index is 13.7. The summed E-state index contributed by atoms with van der Waals surface area (Å²) in [4.78, 5) is 12.8. The number of halogens is 1. The van der Waals surface area contributed by atoms with E-state index in [-0.39, 0.29) is 19.8 Å². The molecule has 29 heavy (non-hydrogen) atoms. The number of hydrogen-bond donors (Lipinski definition) is 3. The molecule has 15 heteroatoms. The highest BCUT2D eigenvalue weighted by atomic mass is 33.1. The van der Waals surface area contributed by atoms with Crippen LogP contribution in [0, 0.1) is 0 Å². The minimum Gasteiger partial charge on any atom is -0.375 e. The molecule has 1 aliphatic rings. The van der Waals surface area contributed by atoms with Crippen LogP contribution >= 0.6 is 49.8 Å². The lowest BCUT2D eigenvalue weighted by molar-refractivity contribution is 0.120. The molecule has 160 valence electrons. The van der Waals surface area contributed by atoms with Crippen molar-refractivity contribution in [1.29, 1.82) is 0 Å². The molecule has 0 aromatic carbocycles. The van der Waals surface area contributed by atoms with Gasteiger partial charge in [-0.3, -0.25) is 0 Å². The Morgan fingerprint density at radius 3 is 3.00 bits per heavy atom. The van der Waals surface area contributed by atoms with Gasteiger partial charge in [-0.05, 0) is 0 Å². The summed E-state index contributed by atoms with van der Waals surface area (Å²) in [6, 6.07) is 0. The number of thiol groups is 3. The van der Waals surface area contributed by atoms with E-state index >= 15 is 0 Å². The molecule has 3 rings (SSSR count). The second kappa shape index (κ2) is 11.0. The number of methoxy groups -OCH3 is 1. The predicted molar refractivity (Wildman–Crippen MR) is 121 cm³/mol. The van der Waals surface area contributed by atoms with Crippen molar-refractivity contribution in [3.63, 3.8) is 0 Å². The summed E-state index contributed by atoms with van der Waals surface area (Å²) in [6.07, 6.45) is -1.82. The fourth-order valence-electron chi connectivity index (χ4n) is 2.57. The fourth-order valence-corrected chi connectivity index (χ4v) is 5.57. The van der Waals surface area contributed by atoms with Gasteiger partial charge in [0, 0.05) is 7.11 Å². The van der Waals surface area contributed by atoms with Crippen molar-refractivity contribution in [3.05, 3.63) is 18.3 Å². The van der Waals surface area contributed by atoms with Crippen LogP contribution in [0.5, 0.6) is 0 Å². The second-order valence-electron chi connectivity index (χ2n) is 5.85. The Morgan fingerprint density at radius 1 is 1.45 bits per heavy atom. The van der Waals surface area contributed by atoms with E-state index in [0.29, 0.717) is 30.1 Å². The Labute approximate surface area is 184 Å². The van der Waals surface area contributed by atoms with Crippen LogP contribution in [0.2, 0.25) is 0 Å². The van der Waals surface area contributed by atoms with Gasteiger partial charge in [-0.2, -0.15) is 13.6 Å². The molecule has 1 aliphatic heterocycles. The summed E-state index contributed by atoms with van der Waals surface area (Å²) in [5.74, 6) is 2.10. The van der Waals surface area contributed by atoms with Crippen LogP contribution in [-0.2, 0) is 36.2 Å². The van der Waals surface area contributed by atoms with E-state index in [9.17, 15) is 4.39 Å². The number of rotatable bonds is 10. The lowest BCUT2D eigenvalue weighted by Crippen LogP contribution is -2.22. The molecule has 3 atom stereocenters. The van der Waals surface area contributed by atoms with Gasteiger partial charge in [0.1, 0.15) is 36.5 Å². The van der Waals surface area contributed by atoms with Crippen LogP contribution in [0.25, 0.3) is 11.2 Å². The summed E-state index contributed by atoms with van der Waals surface area (Å²) < 4.78 is 42.5. The van der Waals surface area contributed by atoms with Gasteiger partial charge >= 0.3 is 13.1 Å². The Bertz CT molecular complexity index is 862. The standard InChI is InChI=1S/C14H21FN4O5P2S3/c1-20-9-25(27)22-3-2-19-13(18-11-4-16-8-17-14(11)19)7-23-26(28,29)24-12-6-21-5-10(12)15/h4,8-10,12,27-29H,2-3,5-7H2,1H3/q+2. The minimum absolute atomic E-state index is 0.00509. The van der Waals surface area contributed by atoms with Crippen LogP contribution in [0.3, 0.4) is 0 Å². The summed E-state index contributed by atoms with van der Waals surface area (Å²) >= 11 is 13.0. The van der Waals surface area contributed by atoms with Crippen molar-refractivity contribution >= 4 is 67.0 Å². The Hall–Kier alpha value is -0.0700. The summed E-state index contributed by atoms with van der Waals surface area (Å²) in [7, 11) is 1.54. The SMILES string of the molecule is COC=[P+](S)OCCn1c(CO[P+](S)(S)OC2COCC2F)nc2cncnc21. The van der Waals surface area contributed by atoms with E-state index in [1.54, 1.807) is 13.3 Å². The van der Waals surface area contributed by atoms with Crippen molar-refractivity contribution < 1.29 is 27.4 Å². The molecule has 0 amide bonds. The Morgan fingerprint density at radius 2 is 2.28 bits per heavy atom. The topological polar surface area (TPSA) is 89.8 Å². The minimum atomic E-state index is -2.89. The molecule has 0 spiro atoms. The average Bonchev–Trinajstić information content (AvgIpc) is 3.24. The van der Waals surface area contributed by atoms with Crippen molar-refractivity contribution in [2.75, 3.05) is 26.9 Å². The molecule has 3 heterocycles. The van der Waals surface area contributed by atoms with Gasteiger partial charge in [0.2, 0.25) is 0 Å². The Kier molecular flexibility index (Phi) is 8.94. The van der Waals surface area contributed by atoms with Crippen molar-refractivity contribution in [1.82, 2.24) is 19.5 Å². The number of imidazole rings is 1. The lowest BCUT2D eigenvalue weighted by atomic mass is 10.3. The highest BCUT2D eigenvalue weighted by molar-refractivity contribution is 8.82. The van der Waals surface area contributed by atoms with Crippen LogP contribution < -0.4 is 0 Å². The molecule has 2 aromatic heterocycles. The predicted octanol–water partition coefficient (Wildman–Crippen LogP) is 3.30. The third-order valence-electron chi connectivity index (χ3n) is 3.82. The number of fused-ring (bicyclic) bond motifs is 1. The third kappa shape index (κ3) is 6.70. The number of nitrogens with zero attached hydrogens (tertiary/aromatic N) is 4. The van der Waals surface area contributed by atoms with Crippen LogP contribution in [0.1, 0.15) is 5.82 Å². The summed E-state index contributed by atoms with van der Waals surface area (Å²) in [5, 5.41) is 0. The molecule has 1 saturated heterocycles. The molecule has 9 nitrogen and oxygen atoms in total. The van der Waals surface area contributed by atoms with Gasteiger partial charge in [-0.1, -0.05) is 0 Å². The van der Waals surface area contributed by atoms with E-state index in [4.69, 9.17) is 23.0 Å². The number of aromatic nitrogens is 4. The summed E-state index contributed by atoms with van der Waals surface area (Å²) in [6.45, 7) is -0.0939. The molecule has 0 saturated carbocycles. The molecular weight excluding hydrogens is 481 g/mol. The van der Waals surface area contributed by atoms with Gasteiger partial charge in [-0.25, -0.2) is 19.3 Å². The largest absolute Gasteiger partial charge is 0.390 e. The first-order valence-electron chi connectivity index (χ1n) is 8.41. The zero-order valence-corrected chi connectivity index (χ0v) is 19.8. The number of alkyl halides is 1. The third-order valence-corrected chi connectivity index (χ3v) is 7.56. The smallest absolute Gasteiger partial charge is 0.375 e. The molecular formula is C14H21FN4O5P2S3+2. The maximum atomic E-state index is 13.7. The molecule has 1 fully saturated rings. The van der Waals surface area contributed by atoms with Crippen molar-refractivity contribution in [2.45, 2.75) is 25.4 Å². The van der Waals surface area contributed by atoms with Crippen LogP contribution in [-0.4, -0.2) is 64.7 Å². The average molecular weight is 502 g/mol. The first kappa shape index (κ1) is 23.6. The maximum Gasteiger partial charge on any atom is 0.390 e. The lowest BCUT2D eigenvalue weighted by Gasteiger charge is -2.16. The molecule has 3 unspecified atom stereocenters. The first-order valence-corrected chi connectivity index (χ1v) is 14.8. The van der Waals surface area contributed by atoms with E-state index in [1.807, 2.05) is 4.57 Å². The van der Waals surface area contributed by atoms with Crippen LogP contribution in [0.15, 0.2) is 12.5 Å². The molecule has 0 bridgehead atoms. The van der Waals surface area contributed by atoms with E-state index in [0.717, 1.165) is 0 Å². The summed E-state index contributed by atoms with van der Waals surface area (Å²) in [5.41, 5.74) is 1.25. The monoisotopic (exact) mass is 502 g/mol. The van der Waals surface area contributed by atoms with Gasteiger partial charge in [0.25, 0.3) is 5.98 Å². The molecule has 2 aromatic rings. The number of ether oxygens (including phenoxy) is 2. The van der Waals surface area contributed by atoms with Gasteiger partial charge in [0.05, 0.1) is 50.5 Å². The Balaban J connectivity index is 1.68. The zero-order valence-electron chi connectivity index (χ0n) is 15.4. The fraction of sp³-hybridized carbons (Fsp3) is 0.571. The molecule has 0 N–H and O–H groups in total. The van der Waals surface area contributed by atoms with E-state index in [1.165, 1.54) is 12.3 Å².